The van der Waals surface area contributed by atoms with Crippen molar-refractivity contribution in [2.24, 2.45) is 5.92 Å². The van der Waals surface area contributed by atoms with Crippen molar-refractivity contribution in [3.63, 3.8) is 0 Å². The molecule has 3 saturated heterocycles. The summed E-state index contributed by atoms with van der Waals surface area (Å²) in [6, 6.07) is 1.29. The van der Waals surface area contributed by atoms with Crippen LogP contribution in [0.15, 0.2) is 0 Å². The van der Waals surface area contributed by atoms with E-state index in [1.807, 2.05) is 0 Å². The molecule has 0 aromatic heterocycles. The minimum Gasteiger partial charge on any atom is -0.316 e. The van der Waals surface area contributed by atoms with Gasteiger partial charge in [0.05, 0.1) is 5.75 Å². The summed E-state index contributed by atoms with van der Waals surface area (Å²) < 4.78 is 27.8. The van der Waals surface area contributed by atoms with Gasteiger partial charge in [-0.15, -0.1) is 0 Å². The molecule has 21 heavy (non-hydrogen) atoms. The van der Waals surface area contributed by atoms with Gasteiger partial charge in [0, 0.05) is 18.1 Å². The summed E-state index contributed by atoms with van der Waals surface area (Å²) in [4.78, 5) is 2.47. The quantitative estimate of drug-likeness (QED) is 0.810. The number of nitrogens with zero attached hydrogens (tertiary/aromatic N) is 1. The maximum Gasteiger partial charge on any atom is 0.212 e. The largest absolute Gasteiger partial charge is 0.316 e. The lowest BCUT2D eigenvalue weighted by molar-refractivity contribution is 0.0536. The Balaban J connectivity index is 1.55. The second kappa shape index (κ2) is 6.52. The zero-order valence-corrected chi connectivity index (χ0v) is 13.9. The van der Waals surface area contributed by atoms with Crippen LogP contribution in [0, 0.1) is 5.92 Å². The van der Waals surface area contributed by atoms with Crippen molar-refractivity contribution < 1.29 is 8.42 Å². The Morgan fingerprint density at radius 2 is 1.86 bits per heavy atom. The van der Waals surface area contributed by atoms with E-state index in [1.165, 1.54) is 19.3 Å². The Hall–Kier alpha value is -0.170. The lowest BCUT2D eigenvalue weighted by Crippen LogP contribution is -2.55. The fourth-order valence-electron chi connectivity index (χ4n) is 4.39. The lowest BCUT2D eigenvalue weighted by atomic mass is 9.83. The van der Waals surface area contributed by atoms with E-state index in [0.29, 0.717) is 17.8 Å². The molecule has 2 bridgehead atoms. The van der Waals surface area contributed by atoms with Crippen LogP contribution in [0.5, 0.6) is 0 Å². The number of hydrogen-bond donors (Lipinski definition) is 2. The van der Waals surface area contributed by atoms with Crippen LogP contribution in [0.25, 0.3) is 0 Å². The summed E-state index contributed by atoms with van der Waals surface area (Å²) in [7, 11) is -0.937. The molecule has 3 rings (SSSR count). The number of nitrogens with one attached hydrogen (secondary N) is 2. The number of fused-ring (bicyclic) bond motifs is 2. The van der Waals surface area contributed by atoms with E-state index in [4.69, 9.17) is 0 Å². The molecule has 0 aromatic rings. The number of piperidine rings is 3. The minimum absolute atomic E-state index is 0.151. The highest BCUT2D eigenvalue weighted by Gasteiger charge is 2.37. The van der Waals surface area contributed by atoms with Crippen molar-refractivity contribution in [1.82, 2.24) is 14.9 Å². The zero-order valence-electron chi connectivity index (χ0n) is 13.1. The highest BCUT2D eigenvalue weighted by atomic mass is 32.2. The van der Waals surface area contributed by atoms with Crippen LogP contribution < -0.4 is 10.0 Å². The van der Waals surface area contributed by atoms with Crippen LogP contribution in [-0.2, 0) is 10.0 Å². The molecule has 3 fully saturated rings. The van der Waals surface area contributed by atoms with Crippen LogP contribution in [0.3, 0.4) is 0 Å². The topological polar surface area (TPSA) is 61.4 Å². The van der Waals surface area contributed by atoms with Crippen molar-refractivity contribution in [3.05, 3.63) is 0 Å². The second-order valence-corrected chi connectivity index (χ2v) is 8.98. The van der Waals surface area contributed by atoms with Crippen LogP contribution in [-0.4, -0.2) is 57.3 Å². The Kier molecular flexibility index (Phi) is 4.88. The first-order chi connectivity index (χ1) is 10.0. The summed E-state index contributed by atoms with van der Waals surface area (Å²) >= 11 is 0. The predicted molar refractivity (Wildman–Crippen MR) is 84.7 cm³/mol. The molecule has 0 amide bonds. The number of hydrogen-bond acceptors (Lipinski definition) is 4. The van der Waals surface area contributed by atoms with Gasteiger partial charge in [-0.2, -0.15) is 0 Å². The molecule has 2 N–H and O–H groups in total. The van der Waals surface area contributed by atoms with Crippen molar-refractivity contribution in [2.75, 3.05) is 25.9 Å². The average Bonchev–Trinajstić information content (AvgIpc) is 2.40. The smallest absolute Gasteiger partial charge is 0.212 e. The first kappa shape index (κ1) is 15.7. The van der Waals surface area contributed by atoms with Gasteiger partial charge in [0.25, 0.3) is 0 Å². The van der Waals surface area contributed by atoms with Gasteiger partial charge in [0.1, 0.15) is 0 Å². The molecule has 3 heterocycles. The molecular formula is C15H29N3O2S. The molecular weight excluding hydrogens is 286 g/mol. The molecule has 3 aliphatic heterocycles. The van der Waals surface area contributed by atoms with Crippen molar-refractivity contribution in [3.8, 4) is 0 Å². The predicted octanol–water partition coefficient (Wildman–Crippen LogP) is 0.921. The summed E-state index contributed by atoms with van der Waals surface area (Å²) in [5.74, 6) is 0.573. The number of sulfonamides is 1. The molecule has 3 atom stereocenters. The first-order valence-corrected chi connectivity index (χ1v) is 10.1. The fraction of sp³-hybridized carbons (Fsp3) is 1.00. The molecule has 0 aliphatic carbocycles. The van der Waals surface area contributed by atoms with E-state index in [9.17, 15) is 8.42 Å². The van der Waals surface area contributed by atoms with Gasteiger partial charge in [-0.1, -0.05) is 6.42 Å². The van der Waals surface area contributed by atoms with Crippen LogP contribution in [0.4, 0.5) is 0 Å². The van der Waals surface area contributed by atoms with Crippen molar-refractivity contribution >= 4 is 10.0 Å². The van der Waals surface area contributed by atoms with Gasteiger partial charge >= 0.3 is 0 Å². The Bertz CT molecular complexity index is 434. The summed E-state index contributed by atoms with van der Waals surface area (Å²) in [6.07, 6.45) is 7.83. The second-order valence-electron chi connectivity index (χ2n) is 7.18. The van der Waals surface area contributed by atoms with E-state index in [1.54, 1.807) is 0 Å². The zero-order chi connectivity index (χ0) is 14.9. The molecule has 3 unspecified atom stereocenters. The summed E-state index contributed by atoms with van der Waals surface area (Å²) in [5, 5.41) is 3.30. The third-order valence-corrected chi connectivity index (χ3v) is 7.14. The average molecular weight is 315 g/mol. The normalized spacial score (nSPS) is 38.3. The molecule has 6 heteroatoms. The first-order valence-electron chi connectivity index (χ1n) is 8.46. The Morgan fingerprint density at radius 1 is 1.14 bits per heavy atom. The van der Waals surface area contributed by atoms with Crippen LogP contribution in [0.1, 0.15) is 44.9 Å². The number of rotatable bonds is 4. The summed E-state index contributed by atoms with van der Waals surface area (Å²) in [5.41, 5.74) is 0. The maximum atomic E-state index is 12.4. The standard InChI is InChI=1S/C15H29N3O2S/c1-18-14-5-2-6-15(18)9-13(8-14)17-21(19,20)11-12-4-3-7-16-10-12/h12-17H,2-11H2,1H3. The SMILES string of the molecule is CN1C2CCCC1CC(NS(=O)(=O)CC1CCCNC1)C2. The van der Waals surface area contributed by atoms with E-state index < -0.39 is 10.0 Å². The van der Waals surface area contributed by atoms with E-state index >= 15 is 0 Å². The highest BCUT2D eigenvalue weighted by molar-refractivity contribution is 7.89. The molecule has 5 nitrogen and oxygen atoms in total. The molecule has 122 valence electrons. The lowest BCUT2D eigenvalue weighted by Gasteiger charge is -2.47. The Morgan fingerprint density at radius 3 is 2.48 bits per heavy atom. The molecule has 0 saturated carbocycles. The maximum absolute atomic E-state index is 12.4. The van der Waals surface area contributed by atoms with Crippen LogP contribution >= 0.6 is 0 Å². The van der Waals surface area contributed by atoms with Crippen molar-refractivity contribution in [2.45, 2.75) is 63.1 Å². The van der Waals surface area contributed by atoms with E-state index in [2.05, 4.69) is 22.0 Å². The van der Waals surface area contributed by atoms with Gasteiger partial charge in [0.2, 0.25) is 10.0 Å². The monoisotopic (exact) mass is 315 g/mol. The van der Waals surface area contributed by atoms with Gasteiger partial charge in [-0.05, 0) is 64.6 Å². The third-order valence-electron chi connectivity index (χ3n) is 5.54. The molecule has 0 radical (unpaired) electrons. The Labute approximate surface area is 128 Å². The van der Waals surface area contributed by atoms with Crippen LogP contribution in [0.2, 0.25) is 0 Å². The molecule has 0 spiro atoms. The highest BCUT2D eigenvalue weighted by Crippen LogP contribution is 2.32. The van der Waals surface area contributed by atoms with Gasteiger partial charge in [-0.3, -0.25) is 0 Å². The van der Waals surface area contributed by atoms with E-state index in [0.717, 1.165) is 38.8 Å². The fourth-order valence-corrected chi connectivity index (χ4v) is 6.09. The van der Waals surface area contributed by atoms with E-state index in [-0.39, 0.29) is 12.0 Å². The third kappa shape index (κ3) is 3.97. The summed E-state index contributed by atoms with van der Waals surface area (Å²) in [6.45, 7) is 1.88. The molecule has 3 aliphatic rings. The molecule has 0 aromatic carbocycles. The van der Waals surface area contributed by atoms with Gasteiger partial charge in [-0.25, -0.2) is 13.1 Å². The van der Waals surface area contributed by atoms with Gasteiger partial charge < -0.3 is 10.2 Å². The minimum atomic E-state index is -3.14. The van der Waals surface area contributed by atoms with Crippen molar-refractivity contribution in [1.29, 1.82) is 0 Å². The van der Waals surface area contributed by atoms with Gasteiger partial charge in [0.15, 0.2) is 0 Å².